The van der Waals surface area contributed by atoms with Gasteiger partial charge in [-0.3, -0.25) is 9.10 Å². The molecule has 0 aliphatic carbocycles. The van der Waals surface area contributed by atoms with Crippen LogP contribution in [0.1, 0.15) is 5.56 Å². The van der Waals surface area contributed by atoms with Crippen molar-refractivity contribution in [2.24, 2.45) is 0 Å². The van der Waals surface area contributed by atoms with E-state index >= 15 is 0 Å². The maximum atomic E-state index is 12.5. The number of para-hydroxylation sites is 1. The molecule has 5 nitrogen and oxygen atoms in total. The van der Waals surface area contributed by atoms with Gasteiger partial charge in [-0.2, -0.15) is 13.2 Å². The van der Waals surface area contributed by atoms with Crippen LogP contribution in [0.4, 0.5) is 24.5 Å². The number of anilines is 2. The summed E-state index contributed by atoms with van der Waals surface area (Å²) in [7, 11) is -3.71. The highest BCUT2D eigenvalue weighted by atomic mass is 32.2. The Hall–Kier alpha value is -2.55. The summed E-state index contributed by atoms with van der Waals surface area (Å²) in [5, 5.41) is 2.38. The van der Waals surface area contributed by atoms with Gasteiger partial charge in [0, 0.05) is 5.69 Å². The summed E-state index contributed by atoms with van der Waals surface area (Å²) in [6.07, 6.45) is -3.51. The van der Waals surface area contributed by atoms with Crippen LogP contribution in [0.5, 0.6) is 0 Å². The number of benzene rings is 2. The third kappa shape index (κ3) is 5.21. The number of nitrogens with zero attached hydrogens (tertiary/aromatic N) is 1. The molecule has 134 valence electrons. The van der Waals surface area contributed by atoms with Gasteiger partial charge in [0.1, 0.15) is 6.54 Å². The number of nitrogens with one attached hydrogen (secondary N) is 1. The van der Waals surface area contributed by atoms with Gasteiger partial charge < -0.3 is 5.32 Å². The molecule has 0 heterocycles. The summed E-state index contributed by atoms with van der Waals surface area (Å²) >= 11 is 0. The fourth-order valence-corrected chi connectivity index (χ4v) is 2.92. The Balaban J connectivity index is 2.12. The van der Waals surface area contributed by atoms with Crippen molar-refractivity contribution in [2.75, 3.05) is 22.4 Å². The normalized spacial score (nSPS) is 11.8. The summed E-state index contributed by atoms with van der Waals surface area (Å²) in [6.45, 7) is -0.496. The average Bonchev–Trinajstić information content (AvgIpc) is 2.52. The van der Waals surface area contributed by atoms with Crippen molar-refractivity contribution in [1.29, 1.82) is 0 Å². The second-order valence-electron chi connectivity index (χ2n) is 5.23. The number of rotatable bonds is 5. The predicted octanol–water partition coefficient (Wildman–Crippen LogP) is 3.11. The van der Waals surface area contributed by atoms with Crippen molar-refractivity contribution in [3.63, 3.8) is 0 Å². The van der Waals surface area contributed by atoms with Crippen LogP contribution < -0.4 is 9.62 Å². The van der Waals surface area contributed by atoms with Crippen LogP contribution in [0.15, 0.2) is 54.6 Å². The standard InChI is InChI=1S/C16H15F3N2O3S/c1-25(23,24)21(14-5-3-2-4-6-14)11-15(22)20-13-9-7-12(8-10-13)16(17,18)19/h2-10H,11H2,1H3,(H,20,22). The van der Waals surface area contributed by atoms with Crippen LogP contribution in [-0.4, -0.2) is 27.1 Å². The number of hydrogen-bond acceptors (Lipinski definition) is 3. The van der Waals surface area contributed by atoms with E-state index in [2.05, 4.69) is 5.32 Å². The van der Waals surface area contributed by atoms with E-state index in [0.717, 1.165) is 34.8 Å². The minimum Gasteiger partial charge on any atom is -0.325 e. The van der Waals surface area contributed by atoms with Crippen molar-refractivity contribution in [3.05, 3.63) is 60.2 Å². The molecule has 2 aromatic rings. The number of carbonyl (C=O) groups is 1. The molecule has 0 saturated heterocycles. The first-order chi connectivity index (χ1) is 11.6. The number of halogens is 3. The van der Waals surface area contributed by atoms with E-state index in [1.807, 2.05) is 0 Å². The molecule has 2 rings (SSSR count). The summed E-state index contributed by atoms with van der Waals surface area (Å²) in [4.78, 5) is 12.1. The van der Waals surface area contributed by atoms with Gasteiger partial charge in [0.25, 0.3) is 0 Å². The molecule has 25 heavy (non-hydrogen) atoms. The highest BCUT2D eigenvalue weighted by Gasteiger charge is 2.30. The molecule has 1 N–H and O–H groups in total. The maximum absolute atomic E-state index is 12.5. The lowest BCUT2D eigenvalue weighted by Gasteiger charge is -2.21. The first-order valence-electron chi connectivity index (χ1n) is 7.07. The average molecular weight is 372 g/mol. The number of carbonyl (C=O) groups excluding carboxylic acids is 1. The van der Waals surface area contributed by atoms with Gasteiger partial charge in [-0.1, -0.05) is 18.2 Å². The molecule has 0 aliphatic heterocycles. The van der Waals surface area contributed by atoms with Gasteiger partial charge in [-0.15, -0.1) is 0 Å². The zero-order valence-electron chi connectivity index (χ0n) is 13.1. The molecule has 0 unspecified atom stereocenters. The first kappa shape index (κ1) is 18.8. The lowest BCUT2D eigenvalue weighted by atomic mass is 10.2. The minimum atomic E-state index is -4.47. The second kappa shape index (κ2) is 7.14. The van der Waals surface area contributed by atoms with Crippen molar-refractivity contribution < 1.29 is 26.4 Å². The molecule has 0 spiro atoms. The van der Waals surface area contributed by atoms with Crippen molar-refractivity contribution in [3.8, 4) is 0 Å². The molecule has 2 aromatic carbocycles. The van der Waals surface area contributed by atoms with Gasteiger partial charge >= 0.3 is 6.18 Å². The number of hydrogen-bond donors (Lipinski definition) is 1. The second-order valence-corrected chi connectivity index (χ2v) is 7.14. The molecule has 1 amide bonds. The summed E-state index contributed by atoms with van der Waals surface area (Å²) in [5.74, 6) is -0.672. The Kier molecular flexibility index (Phi) is 5.36. The first-order valence-corrected chi connectivity index (χ1v) is 8.92. The fourth-order valence-electron chi connectivity index (χ4n) is 2.07. The van der Waals surface area contributed by atoms with Crippen LogP contribution >= 0.6 is 0 Å². The third-order valence-electron chi connectivity index (χ3n) is 3.23. The van der Waals surface area contributed by atoms with Crippen molar-refractivity contribution in [2.45, 2.75) is 6.18 Å². The summed E-state index contributed by atoms with van der Waals surface area (Å²) in [5.41, 5.74) is -0.389. The molecular weight excluding hydrogens is 357 g/mol. The Labute approximate surface area is 143 Å². The van der Waals surface area contributed by atoms with E-state index in [1.165, 1.54) is 12.1 Å². The van der Waals surface area contributed by atoms with E-state index in [9.17, 15) is 26.4 Å². The number of alkyl halides is 3. The number of sulfonamides is 1. The largest absolute Gasteiger partial charge is 0.416 e. The van der Waals surface area contributed by atoms with Crippen molar-refractivity contribution in [1.82, 2.24) is 0 Å². The highest BCUT2D eigenvalue weighted by Crippen LogP contribution is 2.29. The molecule has 0 saturated carbocycles. The summed E-state index contributed by atoms with van der Waals surface area (Å²) in [6, 6.07) is 11.9. The van der Waals surface area contributed by atoms with E-state index in [0.29, 0.717) is 5.69 Å². The smallest absolute Gasteiger partial charge is 0.325 e. The zero-order valence-corrected chi connectivity index (χ0v) is 13.9. The van der Waals surface area contributed by atoms with E-state index in [4.69, 9.17) is 0 Å². The zero-order chi connectivity index (χ0) is 18.7. The topological polar surface area (TPSA) is 66.5 Å². The van der Waals surface area contributed by atoms with Gasteiger partial charge in [0.2, 0.25) is 15.9 Å². The van der Waals surface area contributed by atoms with Crippen LogP contribution in [-0.2, 0) is 21.0 Å². The number of amides is 1. The quantitative estimate of drug-likeness (QED) is 0.877. The predicted molar refractivity (Wildman–Crippen MR) is 88.7 cm³/mol. The van der Waals surface area contributed by atoms with Crippen LogP contribution in [0.2, 0.25) is 0 Å². The molecule has 9 heteroatoms. The lowest BCUT2D eigenvalue weighted by molar-refractivity contribution is -0.137. The van der Waals surface area contributed by atoms with Crippen molar-refractivity contribution >= 4 is 27.3 Å². The van der Waals surface area contributed by atoms with Crippen LogP contribution in [0.25, 0.3) is 0 Å². The van der Waals surface area contributed by atoms with Gasteiger partial charge in [-0.05, 0) is 36.4 Å². The minimum absolute atomic E-state index is 0.138. The Morgan fingerprint density at radius 2 is 1.60 bits per heavy atom. The third-order valence-corrected chi connectivity index (χ3v) is 4.37. The molecule has 0 aliphatic rings. The molecule has 0 aromatic heterocycles. The lowest BCUT2D eigenvalue weighted by Crippen LogP contribution is -2.37. The van der Waals surface area contributed by atoms with E-state index in [-0.39, 0.29) is 5.69 Å². The van der Waals surface area contributed by atoms with Gasteiger partial charge in [0.15, 0.2) is 0 Å². The van der Waals surface area contributed by atoms with E-state index < -0.39 is 34.2 Å². The van der Waals surface area contributed by atoms with Gasteiger partial charge in [-0.25, -0.2) is 8.42 Å². The van der Waals surface area contributed by atoms with Gasteiger partial charge in [0.05, 0.1) is 17.5 Å². The summed E-state index contributed by atoms with van der Waals surface area (Å²) < 4.78 is 62.2. The highest BCUT2D eigenvalue weighted by molar-refractivity contribution is 7.92. The molecule has 0 radical (unpaired) electrons. The maximum Gasteiger partial charge on any atom is 0.416 e. The SMILES string of the molecule is CS(=O)(=O)N(CC(=O)Nc1ccc(C(F)(F)F)cc1)c1ccccc1. The van der Waals surface area contributed by atoms with Crippen LogP contribution in [0.3, 0.4) is 0 Å². The Morgan fingerprint density at radius 1 is 1.04 bits per heavy atom. The molecular formula is C16H15F3N2O3S. The molecule has 0 bridgehead atoms. The Morgan fingerprint density at radius 3 is 2.08 bits per heavy atom. The fraction of sp³-hybridized carbons (Fsp3) is 0.188. The van der Waals surface area contributed by atoms with E-state index in [1.54, 1.807) is 18.2 Å². The van der Waals surface area contributed by atoms with Crippen LogP contribution in [0, 0.1) is 0 Å². The molecule has 0 fully saturated rings. The monoisotopic (exact) mass is 372 g/mol. The molecule has 0 atom stereocenters. The Bertz CT molecular complexity index is 835.